The minimum absolute atomic E-state index is 0. The van der Waals surface area contributed by atoms with Crippen LogP contribution in [0.3, 0.4) is 0 Å². The van der Waals surface area contributed by atoms with E-state index in [1.54, 1.807) is 29.0 Å². The summed E-state index contributed by atoms with van der Waals surface area (Å²) >= 11 is 14.8. The molecule has 8 heteroatoms. The lowest BCUT2D eigenvalue weighted by atomic mass is 10.0. The summed E-state index contributed by atoms with van der Waals surface area (Å²) in [4.78, 5) is 24.7. The van der Waals surface area contributed by atoms with E-state index >= 15 is 0 Å². The third-order valence-electron chi connectivity index (χ3n) is 4.18. The highest BCUT2D eigenvalue weighted by molar-refractivity contribution is 7.17. The number of amides is 1. The Labute approximate surface area is 185 Å². The number of hydrogen-bond donors (Lipinski definition) is 2. The zero-order valence-corrected chi connectivity index (χ0v) is 17.2. The van der Waals surface area contributed by atoms with Crippen molar-refractivity contribution in [2.75, 3.05) is 5.32 Å². The molecule has 0 saturated heterocycles. The van der Waals surface area contributed by atoms with E-state index < -0.39 is 5.97 Å². The lowest BCUT2D eigenvalue weighted by Gasteiger charge is -2.07. The predicted octanol–water partition coefficient (Wildman–Crippen LogP) is 7.52. The second kappa shape index (κ2) is 8.55. The molecule has 4 aromatic rings. The number of benzene rings is 2. The number of halogens is 2. The van der Waals surface area contributed by atoms with Crippen molar-refractivity contribution in [1.82, 2.24) is 0 Å². The van der Waals surface area contributed by atoms with E-state index in [-0.39, 0.29) is 23.9 Å². The highest BCUT2D eigenvalue weighted by Crippen LogP contribution is 2.40. The number of fused-ring (bicyclic) bond motifs is 1. The average molecular weight is 464 g/mol. The van der Waals surface area contributed by atoms with Crippen LogP contribution in [0.1, 0.15) is 28.1 Å². The third kappa shape index (κ3) is 4.02. The van der Waals surface area contributed by atoms with Gasteiger partial charge >= 0.3 is 5.97 Å². The molecule has 4 rings (SSSR count). The number of thiophene rings is 2. The Kier molecular flexibility index (Phi) is 6.29. The summed E-state index contributed by atoms with van der Waals surface area (Å²) in [5, 5.41) is 17.8. The van der Waals surface area contributed by atoms with Crippen molar-refractivity contribution < 1.29 is 14.7 Å². The molecule has 0 spiro atoms. The molecule has 2 N–H and O–H groups in total. The molecule has 4 nitrogen and oxygen atoms in total. The van der Waals surface area contributed by atoms with Crippen LogP contribution < -0.4 is 5.32 Å². The van der Waals surface area contributed by atoms with Crippen LogP contribution in [0, 0.1) is 0 Å². The van der Waals surface area contributed by atoms with E-state index in [1.807, 2.05) is 24.3 Å². The Morgan fingerprint density at radius 3 is 2.45 bits per heavy atom. The van der Waals surface area contributed by atoms with Gasteiger partial charge < -0.3 is 10.4 Å². The van der Waals surface area contributed by atoms with Gasteiger partial charge in [0.15, 0.2) is 0 Å². The summed E-state index contributed by atoms with van der Waals surface area (Å²) < 4.78 is 0.992. The first kappa shape index (κ1) is 21.3. The van der Waals surface area contributed by atoms with Crippen LogP contribution in [0.2, 0.25) is 10.0 Å². The molecular formula is C21H15Cl2NO3S2. The van der Waals surface area contributed by atoms with E-state index in [1.165, 1.54) is 11.3 Å². The van der Waals surface area contributed by atoms with Crippen LogP contribution in [0.4, 0.5) is 5.00 Å². The predicted molar refractivity (Wildman–Crippen MR) is 123 cm³/mol. The average Bonchev–Trinajstić information content (AvgIpc) is 3.26. The van der Waals surface area contributed by atoms with Crippen molar-refractivity contribution in [3.05, 3.63) is 74.4 Å². The number of hydrogen-bond acceptors (Lipinski definition) is 4. The number of rotatable bonds is 4. The molecule has 0 aliphatic rings. The van der Waals surface area contributed by atoms with Gasteiger partial charge in [-0.15, -0.1) is 22.7 Å². The number of carboxylic acid groups (broad SMARTS) is 1. The van der Waals surface area contributed by atoms with Crippen molar-refractivity contribution in [3.8, 4) is 11.1 Å². The Bertz CT molecular complexity index is 1230. The van der Waals surface area contributed by atoms with Crippen LogP contribution >= 0.6 is 45.9 Å². The molecular weight excluding hydrogens is 449 g/mol. The molecule has 0 unspecified atom stereocenters. The Balaban J connectivity index is 0.00000240. The maximum atomic E-state index is 12.8. The molecule has 0 aliphatic heterocycles. The van der Waals surface area contributed by atoms with Crippen LogP contribution in [-0.2, 0) is 0 Å². The zero-order valence-electron chi connectivity index (χ0n) is 14.0. The van der Waals surface area contributed by atoms with Crippen LogP contribution in [0.15, 0.2) is 53.2 Å². The molecule has 0 aliphatic carbocycles. The second-order valence-electron chi connectivity index (χ2n) is 5.88. The normalized spacial score (nSPS) is 10.6. The summed E-state index contributed by atoms with van der Waals surface area (Å²) in [5.74, 6) is -1.50. The topological polar surface area (TPSA) is 66.4 Å². The lowest BCUT2D eigenvalue weighted by molar-refractivity contribution is 0.0699. The van der Waals surface area contributed by atoms with Gasteiger partial charge in [0.2, 0.25) is 0 Å². The van der Waals surface area contributed by atoms with Crippen LogP contribution in [0.25, 0.3) is 21.2 Å². The smallest absolute Gasteiger partial charge is 0.339 e. The van der Waals surface area contributed by atoms with Gasteiger partial charge in [0, 0.05) is 42.0 Å². The van der Waals surface area contributed by atoms with Gasteiger partial charge in [-0.2, -0.15) is 0 Å². The van der Waals surface area contributed by atoms with Gasteiger partial charge in [0.05, 0.1) is 5.56 Å². The van der Waals surface area contributed by atoms with E-state index in [0.717, 1.165) is 21.4 Å². The van der Waals surface area contributed by atoms with Gasteiger partial charge in [-0.05, 0) is 18.2 Å². The molecule has 2 aromatic carbocycles. The molecule has 148 valence electrons. The summed E-state index contributed by atoms with van der Waals surface area (Å²) in [6.07, 6.45) is 0. The third-order valence-corrected chi connectivity index (χ3v) is 6.59. The minimum Gasteiger partial charge on any atom is -0.478 e. The summed E-state index contributed by atoms with van der Waals surface area (Å²) in [7, 11) is 0. The highest BCUT2D eigenvalue weighted by atomic mass is 35.5. The van der Waals surface area contributed by atoms with E-state index in [4.69, 9.17) is 23.2 Å². The van der Waals surface area contributed by atoms with E-state index in [0.29, 0.717) is 26.7 Å². The Morgan fingerprint density at radius 2 is 1.72 bits per heavy atom. The number of aromatic carboxylic acids is 1. The molecule has 1 amide bonds. The molecule has 0 atom stereocenters. The zero-order chi connectivity index (χ0) is 19.8. The molecule has 0 saturated carbocycles. The summed E-state index contributed by atoms with van der Waals surface area (Å²) in [6, 6.07) is 12.4. The maximum Gasteiger partial charge on any atom is 0.339 e. The largest absolute Gasteiger partial charge is 0.478 e. The van der Waals surface area contributed by atoms with Crippen molar-refractivity contribution in [2.24, 2.45) is 0 Å². The first-order chi connectivity index (χ1) is 13.5. The Morgan fingerprint density at radius 1 is 0.966 bits per heavy atom. The SMILES string of the molecule is C.O=C(O)c1c(-c2ccc(Cl)cc2Cl)csc1NC(=O)c1csc2ccccc12. The minimum atomic E-state index is -1.15. The fourth-order valence-corrected chi connectivity index (χ4v) is 5.29. The number of carboxylic acids is 1. The van der Waals surface area contributed by atoms with Gasteiger partial charge in [-0.1, -0.05) is 54.9 Å². The van der Waals surface area contributed by atoms with Gasteiger partial charge in [0.1, 0.15) is 10.6 Å². The number of carbonyl (C=O) groups is 2. The van der Waals surface area contributed by atoms with Gasteiger partial charge in [0.25, 0.3) is 5.91 Å². The standard InChI is InChI=1S/C20H11Cl2NO3S2.CH4/c21-10-5-6-11(15(22)7-10)13-8-28-19(17(13)20(25)26)23-18(24)14-9-27-16-4-2-1-3-12(14)16;/h1-9H,(H,23,24)(H,25,26);1H4. The molecule has 29 heavy (non-hydrogen) atoms. The van der Waals surface area contributed by atoms with Crippen LogP contribution in [-0.4, -0.2) is 17.0 Å². The van der Waals surface area contributed by atoms with Gasteiger partial charge in [-0.3, -0.25) is 4.79 Å². The quantitative estimate of drug-likeness (QED) is 0.328. The molecule has 2 heterocycles. The monoisotopic (exact) mass is 463 g/mol. The Hall–Kier alpha value is -2.38. The fourth-order valence-electron chi connectivity index (χ4n) is 2.89. The van der Waals surface area contributed by atoms with Crippen molar-refractivity contribution >= 4 is 72.8 Å². The molecule has 2 aromatic heterocycles. The van der Waals surface area contributed by atoms with E-state index in [9.17, 15) is 14.7 Å². The number of carbonyl (C=O) groups excluding carboxylic acids is 1. The van der Waals surface area contributed by atoms with Gasteiger partial charge in [-0.25, -0.2) is 4.79 Å². The first-order valence-corrected chi connectivity index (χ1v) is 10.5. The molecule has 0 radical (unpaired) electrons. The van der Waals surface area contributed by atoms with Crippen molar-refractivity contribution in [3.63, 3.8) is 0 Å². The first-order valence-electron chi connectivity index (χ1n) is 8.03. The summed E-state index contributed by atoms with van der Waals surface area (Å²) in [6.45, 7) is 0. The lowest BCUT2D eigenvalue weighted by Crippen LogP contribution is -2.13. The van der Waals surface area contributed by atoms with E-state index in [2.05, 4.69) is 5.32 Å². The number of nitrogens with one attached hydrogen (secondary N) is 1. The summed E-state index contributed by atoms with van der Waals surface area (Å²) in [5.41, 5.74) is 1.49. The molecule has 0 fully saturated rings. The van der Waals surface area contributed by atoms with Crippen molar-refractivity contribution in [1.29, 1.82) is 0 Å². The second-order valence-corrected chi connectivity index (χ2v) is 8.52. The molecule has 0 bridgehead atoms. The number of anilines is 1. The maximum absolute atomic E-state index is 12.8. The fraction of sp³-hybridized carbons (Fsp3) is 0.0476. The highest BCUT2D eigenvalue weighted by Gasteiger charge is 2.23. The van der Waals surface area contributed by atoms with Crippen LogP contribution in [0.5, 0.6) is 0 Å². The van der Waals surface area contributed by atoms with Crippen molar-refractivity contribution in [2.45, 2.75) is 7.43 Å².